The second-order valence-electron chi connectivity index (χ2n) is 3.43. The Balaban J connectivity index is 2.45. The standard InChI is InChI=1S/C10H15N5/c1-2-8-9-6-12-7-13-15(9)10(14-8)4-3-5-11/h6-7H,2-5,11H2,1H3. The van der Waals surface area contributed by atoms with E-state index in [2.05, 4.69) is 22.0 Å². The highest BCUT2D eigenvalue weighted by molar-refractivity contribution is 5.50. The molecule has 0 saturated carbocycles. The molecule has 0 fully saturated rings. The summed E-state index contributed by atoms with van der Waals surface area (Å²) in [5.41, 5.74) is 7.55. The van der Waals surface area contributed by atoms with Crippen molar-refractivity contribution in [2.75, 3.05) is 6.54 Å². The van der Waals surface area contributed by atoms with E-state index in [0.29, 0.717) is 6.54 Å². The van der Waals surface area contributed by atoms with Crippen LogP contribution in [0.4, 0.5) is 0 Å². The fraction of sp³-hybridized carbons (Fsp3) is 0.500. The maximum Gasteiger partial charge on any atom is 0.136 e. The van der Waals surface area contributed by atoms with E-state index in [4.69, 9.17) is 5.73 Å². The summed E-state index contributed by atoms with van der Waals surface area (Å²) in [6, 6.07) is 0. The zero-order valence-electron chi connectivity index (χ0n) is 8.85. The first-order valence-electron chi connectivity index (χ1n) is 5.23. The molecule has 0 aliphatic rings. The summed E-state index contributed by atoms with van der Waals surface area (Å²) >= 11 is 0. The summed E-state index contributed by atoms with van der Waals surface area (Å²) in [6.45, 7) is 2.77. The van der Waals surface area contributed by atoms with Gasteiger partial charge in [0.1, 0.15) is 17.7 Å². The van der Waals surface area contributed by atoms with Crippen molar-refractivity contribution in [3.63, 3.8) is 0 Å². The molecule has 5 nitrogen and oxygen atoms in total. The minimum atomic E-state index is 0.682. The van der Waals surface area contributed by atoms with E-state index in [1.165, 1.54) is 0 Å². The van der Waals surface area contributed by atoms with Crippen LogP contribution in [0, 0.1) is 0 Å². The maximum atomic E-state index is 5.49. The van der Waals surface area contributed by atoms with Gasteiger partial charge in [0.25, 0.3) is 0 Å². The predicted molar refractivity (Wildman–Crippen MR) is 57.5 cm³/mol. The Hall–Kier alpha value is -1.49. The van der Waals surface area contributed by atoms with Crippen LogP contribution in [0.25, 0.3) is 5.52 Å². The number of aryl methyl sites for hydroxylation is 2. The predicted octanol–water partition coefficient (Wildman–Crippen LogP) is 0.578. The van der Waals surface area contributed by atoms with Gasteiger partial charge >= 0.3 is 0 Å². The van der Waals surface area contributed by atoms with Crippen molar-refractivity contribution in [2.45, 2.75) is 26.2 Å². The van der Waals surface area contributed by atoms with Crippen LogP contribution in [0.5, 0.6) is 0 Å². The normalized spacial score (nSPS) is 11.1. The van der Waals surface area contributed by atoms with E-state index in [1.807, 2.05) is 10.7 Å². The summed E-state index contributed by atoms with van der Waals surface area (Å²) in [4.78, 5) is 8.57. The molecule has 0 unspecified atom stereocenters. The third-order valence-corrected chi connectivity index (χ3v) is 2.40. The molecular formula is C10H15N5. The van der Waals surface area contributed by atoms with Gasteiger partial charge < -0.3 is 5.73 Å². The minimum Gasteiger partial charge on any atom is -0.330 e. The number of hydrogen-bond acceptors (Lipinski definition) is 4. The van der Waals surface area contributed by atoms with Crippen molar-refractivity contribution in [3.8, 4) is 0 Å². The zero-order valence-corrected chi connectivity index (χ0v) is 8.85. The van der Waals surface area contributed by atoms with Crippen LogP contribution in [0.1, 0.15) is 24.9 Å². The smallest absolute Gasteiger partial charge is 0.136 e. The van der Waals surface area contributed by atoms with E-state index >= 15 is 0 Å². The highest BCUT2D eigenvalue weighted by Crippen LogP contribution is 2.12. The van der Waals surface area contributed by atoms with Gasteiger partial charge in [-0.1, -0.05) is 6.92 Å². The second kappa shape index (κ2) is 4.35. The molecule has 2 heterocycles. The molecule has 0 saturated heterocycles. The van der Waals surface area contributed by atoms with Gasteiger partial charge in [-0.2, -0.15) is 5.10 Å². The van der Waals surface area contributed by atoms with Gasteiger partial charge in [0.2, 0.25) is 0 Å². The molecular weight excluding hydrogens is 190 g/mol. The van der Waals surface area contributed by atoms with Gasteiger partial charge in [-0.15, -0.1) is 0 Å². The Morgan fingerprint density at radius 2 is 2.33 bits per heavy atom. The average molecular weight is 205 g/mol. The summed E-state index contributed by atoms with van der Waals surface area (Å²) in [7, 11) is 0. The first kappa shape index (κ1) is 10.0. The van der Waals surface area contributed by atoms with Crippen LogP contribution >= 0.6 is 0 Å². The molecule has 0 aliphatic heterocycles. The van der Waals surface area contributed by atoms with Crippen LogP contribution in [0.2, 0.25) is 0 Å². The number of nitrogens with zero attached hydrogens (tertiary/aromatic N) is 4. The maximum absolute atomic E-state index is 5.49. The Morgan fingerprint density at radius 1 is 1.47 bits per heavy atom. The fourth-order valence-corrected chi connectivity index (χ4v) is 1.65. The first-order chi connectivity index (χ1) is 7.36. The van der Waals surface area contributed by atoms with E-state index in [1.54, 1.807) is 6.33 Å². The lowest BCUT2D eigenvalue weighted by atomic mass is 10.3. The second-order valence-corrected chi connectivity index (χ2v) is 3.43. The fourth-order valence-electron chi connectivity index (χ4n) is 1.65. The molecule has 0 spiro atoms. The molecule has 2 N–H and O–H groups in total. The highest BCUT2D eigenvalue weighted by atomic mass is 15.3. The van der Waals surface area contributed by atoms with E-state index in [0.717, 1.165) is 36.3 Å². The lowest BCUT2D eigenvalue weighted by Crippen LogP contribution is -2.04. The van der Waals surface area contributed by atoms with E-state index < -0.39 is 0 Å². The molecule has 0 aromatic carbocycles. The summed E-state index contributed by atoms with van der Waals surface area (Å²) in [6.07, 6.45) is 6.06. The Morgan fingerprint density at radius 3 is 3.07 bits per heavy atom. The van der Waals surface area contributed by atoms with Crippen molar-refractivity contribution in [3.05, 3.63) is 24.0 Å². The summed E-state index contributed by atoms with van der Waals surface area (Å²) in [5.74, 6) is 0.981. The lowest BCUT2D eigenvalue weighted by molar-refractivity contribution is 0.736. The highest BCUT2D eigenvalue weighted by Gasteiger charge is 2.09. The Bertz CT molecular complexity index is 448. The average Bonchev–Trinajstić information content (AvgIpc) is 2.65. The number of imidazole rings is 1. The number of hydrogen-bond donors (Lipinski definition) is 1. The molecule has 0 amide bonds. The number of fused-ring (bicyclic) bond motifs is 1. The quantitative estimate of drug-likeness (QED) is 0.792. The minimum absolute atomic E-state index is 0.682. The van der Waals surface area contributed by atoms with Crippen molar-refractivity contribution < 1.29 is 0 Å². The third kappa shape index (κ3) is 1.83. The molecule has 15 heavy (non-hydrogen) atoms. The van der Waals surface area contributed by atoms with Gasteiger partial charge in [-0.3, -0.25) is 0 Å². The van der Waals surface area contributed by atoms with Crippen molar-refractivity contribution in [2.24, 2.45) is 5.73 Å². The molecule has 2 rings (SSSR count). The lowest BCUT2D eigenvalue weighted by Gasteiger charge is -1.97. The van der Waals surface area contributed by atoms with Crippen LogP contribution in [-0.4, -0.2) is 26.1 Å². The van der Waals surface area contributed by atoms with E-state index in [9.17, 15) is 0 Å². The van der Waals surface area contributed by atoms with Gasteiger partial charge in [-0.05, 0) is 19.4 Å². The monoisotopic (exact) mass is 205 g/mol. The van der Waals surface area contributed by atoms with Gasteiger partial charge in [0.05, 0.1) is 11.9 Å². The Labute approximate surface area is 88.3 Å². The number of rotatable bonds is 4. The van der Waals surface area contributed by atoms with Crippen molar-refractivity contribution in [1.29, 1.82) is 0 Å². The molecule has 5 heteroatoms. The third-order valence-electron chi connectivity index (χ3n) is 2.40. The molecule has 0 atom stereocenters. The van der Waals surface area contributed by atoms with Gasteiger partial charge in [-0.25, -0.2) is 14.5 Å². The number of aromatic nitrogens is 4. The zero-order chi connectivity index (χ0) is 10.7. The first-order valence-corrected chi connectivity index (χ1v) is 5.23. The van der Waals surface area contributed by atoms with Gasteiger partial charge in [0, 0.05) is 6.42 Å². The van der Waals surface area contributed by atoms with Crippen LogP contribution in [0.15, 0.2) is 12.5 Å². The molecule has 0 radical (unpaired) electrons. The summed E-state index contributed by atoms with van der Waals surface area (Å²) < 4.78 is 1.86. The van der Waals surface area contributed by atoms with Gasteiger partial charge in [0.15, 0.2) is 0 Å². The molecule has 0 bridgehead atoms. The molecule has 2 aromatic rings. The van der Waals surface area contributed by atoms with Crippen molar-refractivity contribution in [1.82, 2.24) is 19.6 Å². The topological polar surface area (TPSA) is 69.1 Å². The van der Waals surface area contributed by atoms with Crippen molar-refractivity contribution >= 4 is 5.52 Å². The van der Waals surface area contributed by atoms with E-state index in [-0.39, 0.29) is 0 Å². The van der Waals surface area contributed by atoms with Crippen LogP contribution in [-0.2, 0) is 12.8 Å². The molecule has 0 aliphatic carbocycles. The van der Waals surface area contributed by atoms with Crippen LogP contribution < -0.4 is 5.73 Å². The number of nitrogens with two attached hydrogens (primary N) is 1. The molecule has 80 valence electrons. The Kier molecular flexibility index (Phi) is 2.91. The molecule has 2 aromatic heterocycles. The summed E-state index contributed by atoms with van der Waals surface area (Å²) in [5, 5.41) is 4.20. The van der Waals surface area contributed by atoms with Crippen LogP contribution in [0.3, 0.4) is 0 Å². The SMILES string of the molecule is CCc1nc(CCCN)n2ncncc12. The largest absolute Gasteiger partial charge is 0.330 e.